The Morgan fingerprint density at radius 3 is 2.60 bits per heavy atom. The predicted molar refractivity (Wildman–Crippen MR) is 45.1 cm³/mol. The minimum Gasteiger partial charge on any atom is -0.313 e. The van der Waals surface area contributed by atoms with Crippen LogP contribution in [0.5, 0.6) is 0 Å². The molecule has 0 saturated carbocycles. The Hall–Kier alpha value is -0.300. The van der Waals surface area contributed by atoms with E-state index in [1.807, 2.05) is 7.05 Å². The smallest absolute Gasteiger partial charge is 0.0276 e. The molecule has 1 unspecified atom stereocenters. The molecule has 0 heterocycles. The summed E-state index contributed by atoms with van der Waals surface area (Å²) in [5.41, 5.74) is 3.15. The molecule has 0 fully saturated rings. The van der Waals surface area contributed by atoms with Crippen LogP contribution in [0.3, 0.4) is 0 Å². The van der Waals surface area contributed by atoms with Gasteiger partial charge in [-0.3, -0.25) is 0 Å². The maximum absolute atomic E-state index is 3.33. The molecule has 0 bridgehead atoms. The first kappa shape index (κ1) is 7.80. The maximum atomic E-state index is 3.33. The molecular weight excluding hydrogens is 122 g/mol. The fourth-order valence-corrected chi connectivity index (χ4v) is 1.64. The topological polar surface area (TPSA) is 12.0 Å². The third-order valence-corrected chi connectivity index (χ3v) is 2.59. The van der Waals surface area contributed by atoms with E-state index in [-0.39, 0.29) is 0 Å². The first-order valence-electron chi connectivity index (χ1n) is 4.09. The van der Waals surface area contributed by atoms with Crippen LogP contribution in [-0.2, 0) is 0 Å². The number of hydrogen-bond donors (Lipinski definition) is 1. The highest BCUT2D eigenvalue weighted by Gasteiger charge is 2.14. The largest absolute Gasteiger partial charge is 0.313 e. The van der Waals surface area contributed by atoms with Gasteiger partial charge in [-0.1, -0.05) is 11.1 Å². The van der Waals surface area contributed by atoms with Gasteiger partial charge in [0, 0.05) is 6.04 Å². The van der Waals surface area contributed by atoms with E-state index < -0.39 is 0 Å². The third kappa shape index (κ3) is 1.40. The van der Waals surface area contributed by atoms with E-state index in [1.54, 1.807) is 11.1 Å². The average Bonchev–Trinajstić information content (AvgIpc) is 1.95. The summed E-state index contributed by atoms with van der Waals surface area (Å²) < 4.78 is 0. The van der Waals surface area contributed by atoms with Crippen molar-refractivity contribution < 1.29 is 0 Å². The van der Waals surface area contributed by atoms with E-state index in [1.165, 1.54) is 19.3 Å². The summed E-state index contributed by atoms with van der Waals surface area (Å²) in [5, 5.41) is 3.33. The van der Waals surface area contributed by atoms with Crippen molar-refractivity contribution in [1.82, 2.24) is 5.32 Å². The summed E-state index contributed by atoms with van der Waals surface area (Å²) in [6.07, 6.45) is 3.98. The zero-order valence-corrected chi connectivity index (χ0v) is 7.20. The molecule has 1 aliphatic rings. The van der Waals surface area contributed by atoms with Gasteiger partial charge in [-0.2, -0.15) is 0 Å². The van der Waals surface area contributed by atoms with Crippen molar-refractivity contribution >= 4 is 0 Å². The van der Waals surface area contributed by atoms with Gasteiger partial charge in [0.05, 0.1) is 0 Å². The molecule has 1 nitrogen and oxygen atoms in total. The fourth-order valence-electron chi connectivity index (χ4n) is 1.64. The lowest BCUT2D eigenvalue weighted by Gasteiger charge is -2.24. The minimum atomic E-state index is 0.661. The van der Waals surface area contributed by atoms with Gasteiger partial charge in [0.15, 0.2) is 0 Å². The molecule has 10 heavy (non-hydrogen) atoms. The Morgan fingerprint density at radius 1 is 1.40 bits per heavy atom. The number of allylic oxidation sites excluding steroid dienone is 1. The second-order valence-electron chi connectivity index (χ2n) is 3.20. The van der Waals surface area contributed by atoms with Gasteiger partial charge in [-0.15, -0.1) is 0 Å². The lowest BCUT2D eigenvalue weighted by molar-refractivity contribution is 0.526. The monoisotopic (exact) mass is 139 g/mol. The average molecular weight is 139 g/mol. The normalized spacial score (nSPS) is 27.3. The van der Waals surface area contributed by atoms with Crippen molar-refractivity contribution in [2.75, 3.05) is 7.05 Å². The zero-order chi connectivity index (χ0) is 7.56. The van der Waals surface area contributed by atoms with Gasteiger partial charge in [0.1, 0.15) is 0 Å². The summed E-state index contributed by atoms with van der Waals surface area (Å²) >= 11 is 0. The van der Waals surface area contributed by atoms with E-state index >= 15 is 0 Å². The van der Waals surface area contributed by atoms with Crippen molar-refractivity contribution in [3.63, 3.8) is 0 Å². The molecule has 58 valence electrons. The number of likely N-dealkylation sites (N-methyl/N-ethyl adjacent to an activating group) is 1. The summed E-state index contributed by atoms with van der Waals surface area (Å²) in [4.78, 5) is 0. The third-order valence-electron chi connectivity index (χ3n) is 2.59. The Kier molecular flexibility index (Phi) is 2.50. The number of nitrogens with one attached hydrogen (secondary N) is 1. The molecule has 0 aromatic rings. The van der Waals surface area contributed by atoms with Crippen LogP contribution in [0.1, 0.15) is 33.1 Å². The van der Waals surface area contributed by atoms with Crippen LogP contribution in [0.25, 0.3) is 0 Å². The second kappa shape index (κ2) is 3.20. The molecule has 0 aromatic carbocycles. The van der Waals surface area contributed by atoms with Crippen molar-refractivity contribution in [2.45, 2.75) is 39.2 Å². The molecule has 0 amide bonds. The summed E-state index contributed by atoms with van der Waals surface area (Å²) in [5.74, 6) is 0. The van der Waals surface area contributed by atoms with Crippen LogP contribution < -0.4 is 5.32 Å². The first-order valence-corrected chi connectivity index (χ1v) is 4.09. The molecule has 0 radical (unpaired) electrons. The van der Waals surface area contributed by atoms with Gasteiger partial charge in [0.2, 0.25) is 0 Å². The summed E-state index contributed by atoms with van der Waals surface area (Å²) in [6.45, 7) is 4.49. The molecule has 1 aliphatic carbocycles. The number of hydrogen-bond acceptors (Lipinski definition) is 1. The molecule has 0 spiro atoms. The van der Waals surface area contributed by atoms with Crippen LogP contribution in [0.2, 0.25) is 0 Å². The lowest BCUT2D eigenvalue weighted by Crippen LogP contribution is -2.29. The van der Waals surface area contributed by atoms with Gasteiger partial charge >= 0.3 is 0 Å². The Labute approximate surface area is 63.5 Å². The summed E-state index contributed by atoms with van der Waals surface area (Å²) in [7, 11) is 2.05. The maximum Gasteiger partial charge on any atom is 0.0276 e. The Bertz CT molecular complexity index is 147. The Balaban J connectivity index is 2.68. The summed E-state index contributed by atoms with van der Waals surface area (Å²) in [6, 6.07) is 0.661. The highest BCUT2D eigenvalue weighted by atomic mass is 14.9. The van der Waals surface area contributed by atoms with Crippen molar-refractivity contribution in [2.24, 2.45) is 0 Å². The van der Waals surface area contributed by atoms with Crippen LogP contribution in [0.4, 0.5) is 0 Å². The van der Waals surface area contributed by atoms with Crippen molar-refractivity contribution in [3.05, 3.63) is 11.1 Å². The van der Waals surface area contributed by atoms with Gasteiger partial charge < -0.3 is 5.32 Å². The first-order chi connectivity index (χ1) is 4.75. The van der Waals surface area contributed by atoms with Gasteiger partial charge in [-0.05, 0) is 40.2 Å². The SMILES string of the molecule is CNC1CCCC(C)=C1C. The van der Waals surface area contributed by atoms with E-state index in [0.717, 1.165) is 0 Å². The van der Waals surface area contributed by atoms with Crippen molar-refractivity contribution in [1.29, 1.82) is 0 Å². The minimum absolute atomic E-state index is 0.661. The zero-order valence-electron chi connectivity index (χ0n) is 7.20. The van der Waals surface area contributed by atoms with E-state index in [9.17, 15) is 0 Å². The highest BCUT2D eigenvalue weighted by molar-refractivity contribution is 5.18. The lowest BCUT2D eigenvalue weighted by atomic mass is 9.90. The Morgan fingerprint density at radius 2 is 2.10 bits per heavy atom. The molecule has 1 rings (SSSR count). The van der Waals surface area contributed by atoms with Crippen LogP contribution >= 0.6 is 0 Å². The molecule has 1 atom stereocenters. The molecular formula is C9H17N. The molecule has 1 N–H and O–H groups in total. The quantitative estimate of drug-likeness (QED) is 0.548. The molecule has 1 heteroatoms. The highest BCUT2D eigenvalue weighted by Crippen LogP contribution is 2.23. The van der Waals surface area contributed by atoms with Crippen molar-refractivity contribution in [3.8, 4) is 0 Å². The van der Waals surface area contributed by atoms with E-state index in [0.29, 0.717) is 6.04 Å². The standard InChI is InChI=1S/C9H17N/c1-7-5-4-6-9(10-3)8(7)2/h9-10H,4-6H2,1-3H3. The molecule has 0 aromatic heterocycles. The van der Waals surface area contributed by atoms with Gasteiger partial charge in [0.25, 0.3) is 0 Å². The predicted octanol–water partition coefficient (Wildman–Crippen LogP) is 2.09. The van der Waals surface area contributed by atoms with E-state index in [4.69, 9.17) is 0 Å². The second-order valence-corrected chi connectivity index (χ2v) is 3.20. The van der Waals surface area contributed by atoms with Crippen LogP contribution in [-0.4, -0.2) is 13.1 Å². The number of rotatable bonds is 1. The van der Waals surface area contributed by atoms with Crippen LogP contribution in [0, 0.1) is 0 Å². The fraction of sp³-hybridized carbons (Fsp3) is 0.778. The molecule has 0 aliphatic heterocycles. The van der Waals surface area contributed by atoms with Gasteiger partial charge in [-0.25, -0.2) is 0 Å². The molecule has 0 saturated heterocycles. The van der Waals surface area contributed by atoms with Crippen LogP contribution in [0.15, 0.2) is 11.1 Å². The van der Waals surface area contributed by atoms with E-state index in [2.05, 4.69) is 19.2 Å².